The summed E-state index contributed by atoms with van der Waals surface area (Å²) in [5, 5.41) is 6.59. The lowest BCUT2D eigenvalue weighted by atomic mass is 9.84. The van der Waals surface area contributed by atoms with E-state index in [1.807, 2.05) is 4.90 Å². The molecule has 19 heavy (non-hydrogen) atoms. The predicted octanol–water partition coefficient (Wildman–Crippen LogP) is 0.346. The summed E-state index contributed by atoms with van der Waals surface area (Å²) in [6, 6.07) is 1.73. The summed E-state index contributed by atoms with van der Waals surface area (Å²) in [5.74, 6) is 0.0629. The van der Waals surface area contributed by atoms with Gasteiger partial charge in [0.25, 0.3) is 5.91 Å². The average Bonchev–Trinajstić information content (AvgIpc) is 3.08. The first-order chi connectivity index (χ1) is 9.25. The molecule has 1 amide bonds. The van der Waals surface area contributed by atoms with Gasteiger partial charge in [0.2, 0.25) is 0 Å². The highest BCUT2D eigenvalue weighted by Gasteiger charge is 2.49. The molecule has 6 nitrogen and oxygen atoms in total. The minimum absolute atomic E-state index is 0.0629. The van der Waals surface area contributed by atoms with Crippen LogP contribution in [-0.2, 0) is 4.74 Å². The van der Waals surface area contributed by atoms with Crippen molar-refractivity contribution in [1.82, 2.24) is 20.0 Å². The molecule has 3 heterocycles. The largest absolute Gasteiger partial charge is 0.383 e. The van der Waals surface area contributed by atoms with Gasteiger partial charge in [0, 0.05) is 45.0 Å². The highest BCUT2D eigenvalue weighted by molar-refractivity contribution is 5.92. The summed E-state index contributed by atoms with van der Waals surface area (Å²) in [7, 11) is 1.73. The van der Waals surface area contributed by atoms with Crippen molar-refractivity contribution in [2.45, 2.75) is 18.4 Å². The Morgan fingerprint density at radius 1 is 1.53 bits per heavy atom. The summed E-state index contributed by atoms with van der Waals surface area (Å²) in [6.45, 7) is 4.50. The molecule has 2 aliphatic rings. The van der Waals surface area contributed by atoms with Gasteiger partial charge in [0.15, 0.2) is 0 Å². The van der Waals surface area contributed by atoms with E-state index in [9.17, 15) is 4.79 Å². The molecule has 1 spiro atoms. The number of likely N-dealkylation sites (tertiary alicyclic amines) is 2. The van der Waals surface area contributed by atoms with E-state index in [-0.39, 0.29) is 11.4 Å². The third-order valence-corrected chi connectivity index (χ3v) is 4.43. The fourth-order valence-electron chi connectivity index (χ4n) is 3.17. The van der Waals surface area contributed by atoms with Crippen molar-refractivity contribution in [3.63, 3.8) is 0 Å². The number of carbonyl (C=O) groups is 1. The number of nitrogens with zero attached hydrogens (tertiary/aromatic N) is 3. The summed E-state index contributed by atoms with van der Waals surface area (Å²) in [4.78, 5) is 16.7. The average molecular weight is 264 g/mol. The third kappa shape index (κ3) is 2.15. The molecular formula is C13H20N4O2. The fraction of sp³-hybridized carbons (Fsp3) is 0.692. The van der Waals surface area contributed by atoms with Crippen LogP contribution >= 0.6 is 0 Å². The van der Waals surface area contributed by atoms with Crippen molar-refractivity contribution in [3.05, 3.63) is 18.0 Å². The molecule has 1 unspecified atom stereocenters. The second-order valence-corrected chi connectivity index (χ2v) is 5.40. The number of methoxy groups -OCH3 is 1. The molecule has 0 saturated carbocycles. The molecule has 6 heteroatoms. The van der Waals surface area contributed by atoms with Crippen LogP contribution in [0.5, 0.6) is 0 Å². The predicted molar refractivity (Wildman–Crippen MR) is 69.9 cm³/mol. The quantitative estimate of drug-likeness (QED) is 0.852. The topological polar surface area (TPSA) is 61.5 Å². The standard InChI is InChI=1S/C13H20N4O2/c1-19-9-8-17-7-4-13(17)3-6-16(10-13)12(18)11-2-5-14-15-11/h2,5H,3-4,6-10H2,1H3,(H,14,15). The van der Waals surface area contributed by atoms with Crippen LogP contribution in [-0.4, -0.2) is 71.3 Å². The Kier molecular flexibility index (Phi) is 3.28. The summed E-state index contributed by atoms with van der Waals surface area (Å²) < 4.78 is 5.15. The van der Waals surface area contributed by atoms with Crippen LogP contribution in [0.2, 0.25) is 0 Å². The molecular weight excluding hydrogens is 244 g/mol. The first-order valence-corrected chi connectivity index (χ1v) is 6.78. The zero-order valence-electron chi connectivity index (χ0n) is 11.3. The lowest BCUT2D eigenvalue weighted by Gasteiger charge is -2.50. The first kappa shape index (κ1) is 12.6. The van der Waals surface area contributed by atoms with Gasteiger partial charge in [-0.05, 0) is 18.9 Å². The van der Waals surface area contributed by atoms with E-state index >= 15 is 0 Å². The molecule has 2 fully saturated rings. The zero-order valence-corrected chi connectivity index (χ0v) is 11.3. The highest BCUT2D eigenvalue weighted by atomic mass is 16.5. The van der Waals surface area contributed by atoms with Crippen LogP contribution in [0.3, 0.4) is 0 Å². The van der Waals surface area contributed by atoms with Gasteiger partial charge in [0.05, 0.1) is 6.61 Å². The molecule has 104 valence electrons. The van der Waals surface area contributed by atoms with Gasteiger partial charge in [-0.15, -0.1) is 0 Å². The van der Waals surface area contributed by atoms with Gasteiger partial charge in [-0.3, -0.25) is 14.8 Å². The lowest BCUT2D eigenvalue weighted by molar-refractivity contribution is -0.0213. The minimum atomic E-state index is 0.0629. The second kappa shape index (κ2) is 4.94. The molecule has 0 bridgehead atoms. The molecule has 1 aromatic heterocycles. The van der Waals surface area contributed by atoms with E-state index in [0.29, 0.717) is 5.69 Å². The number of nitrogens with one attached hydrogen (secondary N) is 1. The minimum Gasteiger partial charge on any atom is -0.383 e. The number of rotatable bonds is 4. The molecule has 1 N–H and O–H groups in total. The Labute approximate surface area is 112 Å². The van der Waals surface area contributed by atoms with Crippen LogP contribution in [0, 0.1) is 0 Å². The maximum absolute atomic E-state index is 12.3. The molecule has 3 rings (SSSR count). The molecule has 2 saturated heterocycles. The Morgan fingerprint density at radius 3 is 3.00 bits per heavy atom. The van der Waals surface area contributed by atoms with Crippen LogP contribution in [0.15, 0.2) is 12.3 Å². The summed E-state index contributed by atoms with van der Waals surface area (Å²) in [6.07, 6.45) is 3.87. The van der Waals surface area contributed by atoms with Crippen molar-refractivity contribution < 1.29 is 9.53 Å². The number of hydrogen-bond acceptors (Lipinski definition) is 4. The smallest absolute Gasteiger partial charge is 0.271 e. The van der Waals surface area contributed by atoms with Gasteiger partial charge in [0.1, 0.15) is 5.69 Å². The first-order valence-electron chi connectivity index (χ1n) is 6.78. The molecule has 0 radical (unpaired) electrons. The molecule has 1 aromatic rings. The van der Waals surface area contributed by atoms with Crippen molar-refractivity contribution in [2.75, 3.05) is 39.9 Å². The van der Waals surface area contributed by atoms with Crippen LogP contribution in [0.25, 0.3) is 0 Å². The highest BCUT2D eigenvalue weighted by Crippen LogP contribution is 2.39. The number of carbonyl (C=O) groups excluding carboxylic acids is 1. The van der Waals surface area contributed by atoms with E-state index in [1.165, 1.54) is 6.42 Å². The van der Waals surface area contributed by atoms with Gasteiger partial charge >= 0.3 is 0 Å². The van der Waals surface area contributed by atoms with Gasteiger partial charge in [-0.2, -0.15) is 5.10 Å². The number of H-pyrrole nitrogens is 1. The van der Waals surface area contributed by atoms with E-state index in [1.54, 1.807) is 19.4 Å². The van der Waals surface area contributed by atoms with Crippen LogP contribution < -0.4 is 0 Å². The van der Waals surface area contributed by atoms with Crippen molar-refractivity contribution >= 4 is 5.91 Å². The van der Waals surface area contributed by atoms with Gasteiger partial charge in [-0.1, -0.05) is 0 Å². The van der Waals surface area contributed by atoms with Gasteiger partial charge in [-0.25, -0.2) is 0 Å². The fourth-order valence-corrected chi connectivity index (χ4v) is 3.17. The van der Waals surface area contributed by atoms with Gasteiger partial charge < -0.3 is 9.64 Å². The molecule has 2 aliphatic heterocycles. The SMILES string of the molecule is COCCN1CCC12CCN(C(=O)c1ccn[nH]1)C2. The van der Waals surface area contributed by atoms with Crippen LogP contribution in [0.4, 0.5) is 0 Å². The van der Waals surface area contributed by atoms with Crippen molar-refractivity contribution in [1.29, 1.82) is 0 Å². The number of aromatic nitrogens is 2. The van der Waals surface area contributed by atoms with Crippen LogP contribution in [0.1, 0.15) is 23.3 Å². The summed E-state index contributed by atoms with van der Waals surface area (Å²) >= 11 is 0. The maximum atomic E-state index is 12.3. The van der Waals surface area contributed by atoms with Crippen molar-refractivity contribution in [3.8, 4) is 0 Å². The second-order valence-electron chi connectivity index (χ2n) is 5.40. The van der Waals surface area contributed by atoms with E-state index in [2.05, 4.69) is 15.1 Å². The number of hydrogen-bond donors (Lipinski definition) is 1. The zero-order chi connectivity index (χ0) is 13.3. The Hall–Kier alpha value is -1.40. The normalized spacial score (nSPS) is 26.9. The molecule has 0 aliphatic carbocycles. The van der Waals surface area contributed by atoms with E-state index < -0.39 is 0 Å². The molecule has 0 aromatic carbocycles. The lowest BCUT2D eigenvalue weighted by Crippen LogP contribution is -2.62. The molecule has 1 atom stereocenters. The monoisotopic (exact) mass is 264 g/mol. The van der Waals surface area contributed by atoms with E-state index in [4.69, 9.17) is 4.74 Å². The Bertz CT molecular complexity index is 448. The third-order valence-electron chi connectivity index (χ3n) is 4.43. The van der Waals surface area contributed by atoms with Crippen molar-refractivity contribution in [2.24, 2.45) is 0 Å². The Balaban J connectivity index is 1.62. The number of ether oxygens (including phenoxy) is 1. The number of aromatic amines is 1. The summed E-state index contributed by atoms with van der Waals surface area (Å²) in [5.41, 5.74) is 0.786. The number of amides is 1. The van der Waals surface area contributed by atoms with E-state index in [0.717, 1.165) is 39.2 Å². The Morgan fingerprint density at radius 2 is 2.37 bits per heavy atom. The maximum Gasteiger partial charge on any atom is 0.271 e.